The zero-order valence-corrected chi connectivity index (χ0v) is 19.7. The molecule has 0 bridgehead atoms. The van der Waals surface area contributed by atoms with Crippen LogP contribution in [0.15, 0.2) is 40.7 Å². The van der Waals surface area contributed by atoms with Crippen molar-refractivity contribution in [1.82, 2.24) is 15.2 Å². The van der Waals surface area contributed by atoms with Crippen molar-refractivity contribution in [2.75, 3.05) is 40.0 Å². The van der Waals surface area contributed by atoms with Gasteiger partial charge in [0.25, 0.3) is 0 Å². The lowest BCUT2D eigenvalue weighted by Crippen LogP contribution is -2.47. The van der Waals surface area contributed by atoms with Gasteiger partial charge in [0.15, 0.2) is 5.96 Å². The molecule has 170 valence electrons. The van der Waals surface area contributed by atoms with Crippen molar-refractivity contribution in [1.29, 1.82) is 0 Å². The Morgan fingerprint density at radius 2 is 2.00 bits per heavy atom. The standard InChI is InChI=1S/C24H36N4O2S/c1-3-25-24(28-14-12-22(13-15-28)30-17-7-16-29-2)26-18-21-19-31-23(27-21)11-10-20-8-5-4-6-9-20/h4-6,8-9,19,22H,3,7,10-18H2,1-2H3,(H,25,26). The Kier molecular flexibility index (Phi) is 10.3. The van der Waals surface area contributed by atoms with Crippen LogP contribution < -0.4 is 5.32 Å². The van der Waals surface area contributed by atoms with Crippen molar-refractivity contribution in [3.05, 3.63) is 52.0 Å². The first kappa shape index (κ1) is 23.7. The number of aliphatic imine (C=N–C) groups is 1. The van der Waals surface area contributed by atoms with Gasteiger partial charge in [-0.25, -0.2) is 9.98 Å². The number of rotatable bonds is 11. The molecule has 0 unspecified atom stereocenters. The maximum absolute atomic E-state index is 5.98. The molecule has 0 saturated carbocycles. The van der Waals surface area contributed by atoms with Crippen molar-refractivity contribution in [2.45, 2.75) is 51.7 Å². The fourth-order valence-corrected chi connectivity index (χ4v) is 4.49. The summed E-state index contributed by atoms with van der Waals surface area (Å²) in [5.41, 5.74) is 2.41. The summed E-state index contributed by atoms with van der Waals surface area (Å²) in [7, 11) is 1.73. The number of nitrogens with one attached hydrogen (secondary N) is 1. The molecule has 6 nitrogen and oxygen atoms in total. The number of aryl methyl sites for hydroxylation is 2. The second kappa shape index (κ2) is 13.5. The topological polar surface area (TPSA) is 59.0 Å². The highest BCUT2D eigenvalue weighted by Crippen LogP contribution is 2.16. The van der Waals surface area contributed by atoms with E-state index in [1.807, 2.05) is 0 Å². The summed E-state index contributed by atoms with van der Waals surface area (Å²) in [4.78, 5) is 12.0. The fraction of sp³-hybridized carbons (Fsp3) is 0.583. The molecule has 1 aromatic carbocycles. The van der Waals surface area contributed by atoms with E-state index < -0.39 is 0 Å². The van der Waals surface area contributed by atoms with Crippen molar-refractivity contribution >= 4 is 17.3 Å². The van der Waals surface area contributed by atoms with E-state index in [4.69, 9.17) is 19.5 Å². The predicted molar refractivity (Wildman–Crippen MR) is 128 cm³/mol. The number of guanidine groups is 1. The summed E-state index contributed by atoms with van der Waals surface area (Å²) in [6.07, 6.45) is 5.40. The molecule has 1 fully saturated rings. The van der Waals surface area contributed by atoms with E-state index in [-0.39, 0.29) is 0 Å². The summed E-state index contributed by atoms with van der Waals surface area (Å²) in [5, 5.41) is 6.78. The Bertz CT molecular complexity index is 773. The van der Waals surface area contributed by atoms with Crippen molar-refractivity contribution in [3.8, 4) is 0 Å². The quantitative estimate of drug-likeness (QED) is 0.323. The van der Waals surface area contributed by atoms with Crippen LogP contribution in [0.25, 0.3) is 0 Å². The van der Waals surface area contributed by atoms with Gasteiger partial charge < -0.3 is 19.7 Å². The molecule has 1 saturated heterocycles. The Balaban J connectivity index is 1.46. The molecule has 7 heteroatoms. The average Bonchev–Trinajstić information content (AvgIpc) is 3.27. The molecule has 0 atom stereocenters. The number of benzene rings is 1. The third-order valence-electron chi connectivity index (χ3n) is 5.38. The number of thiazole rings is 1. The minimum Gasteiger partial charge on any atom is -0.385 e. The van der Waals surface area contributed by atoms with E-state index in [9.17, 15) is 0 Å². The summed E-state index contributed by atoms with van der Waals surface area (Å²) in [5.74, 6) is 0.985. The Labute approximate surface area is 190 Å². The first-order chi connectivity index (χ1) is 15.3. The molecule has 0 spiro atoms. The summed E-state index contributed by atoms with van der Waals surface area (Å²) >= 11 is 1.74. The maximum Gasteiger partial charge on any atom is 0.194 e. The molecule has 0 amide bonds. The Morgan fingerprint density at radius 3 is 2.74 bits per heavy atom. The number of nitrogens with zero attached hydrogens (tertiary/aromatic N) is 3. The SMILES string of the molecule is CCNC(=NCc1csc(CCc2ccccc2)n1)N1CCC(OCCCOC)CC1. The van der Waals surface area contributed by atoms with Gasteiger partial charge in [0.2, 0.25) is 0 Å². The van der Waals surface area contributed by atoms with Gasteiger partial charge in [-0.3, -0.25) is 0 Å². The average molecular weight is 445 g/mol. The van der Waals surface area contributed by atoms with Crippen molar-refractivity contribution in [2.24, 2.45) is 4.99 Å². The van der Waals surface area contributed by atoms with Crippen LogP contribution >= 0.6 is 11.3 Å². The largest absolute Gasteiger partial charge is 0.385 e. The molecule has 0 radical (unpaired) electrons. The van der Waals surface area contributed by atoms with Crippen LogP contribution in [-0.4, -0.2) is 61.9 Å². The molecular weight excluding hydrogens is 408 g/mol. The summed E-state index contributed by atoms with van der Waals surface area (Å²) in [6.45, 7) is 7.10. The number of piperidine rings is 1. The molecule has 1 aliphatic rings. The van der Waals surface area contributed by atoms with E-state index in [1.165, 1.54) is 10.6 Å². The number of ether oxygens (including phenoxy) is 2. The predicted octanol–water partition coefficient (Wildman–Crippen LogP) is 3.91. The van der Waals surface area contributed by atoms with Crippen LogP contribution in [0.2, 0.25) is 0 Å². The highest BCUT2D eigenvalue weighted by atomic mass is 32.1. The first-order valence-electron chi connectivity index (χ1n) is 11.4. The lowest BCUT2D eigenvalue weighted by Gasteiger charge is -2.34. The third kappa shape index (κ3) is 8.24. The first-order valence-corrected chi connectivity index (χ1v) is 12.3. The highest BCUT2D eigenvalue weighted by molar-refractivity contribution is 7.09. The monoisotopic (exact) mass is 444 g/mol. The molecule has 2 heterocycles. The molecular formula is C24H36N4O2S. The number of methoxy groups -OCH3 is 1. The van der Waals surface area contributed by atoms with Gasteiger partial charge in [0.1, 0.15) is 0 Å². The number of hydrogen-bond donors (Lipinski definition) is 1. The van der Waals surface area contributed by atoms with Gasteiger partial charge in [-0.2, -0.15) is 0 Å². The third-order valence-corrected chi connectivity index (χ3v) is 6.34. The highest BCUT2D eigenvalue weighted by Gasteiger charge is 2.21. The van der Waals surface area contributed by atoms with Crippen LogP contribution in [0.5, 0.6) is 0 Å². The van der Waals surface area contributed by atoms with E-state index in [0.717, 1.165) is 76.6 Å². The number of likely N-dealkylation sites (tertiary alicyclic amines) is 1. The zero-order chi connectivity index (χ0) is 21.7. The van der Waals surface area contributed by atoms with E-state index in [0.29, 0.717) is 12.6 Å². The van der Waals surface area contributed by atoms with Crippen LogP contribution in [0.4, 0.5) is 0 Å². The summed E-state index contributed by atoms with van der Waals surface area (Å²) in [6, 6.07) is 10.6. The number of hydrogen-bond acceptors (Lipinski definition) is 5. The molecule has 31 heavy (non-hydrogen) atoms. The van der Waals surface area contributed by atoms with Crippen LogP contribution in [-0.2, 0) is 28.9 Å². The minimum atomic E-state index is 0.349. The molecule has 0 aliphatic carbocycles. The number of aromatic nitrogens is 1. The van der Waals surface area contributed by atoms with Crippen LogP contribution in [0.3, 0.4) is 0 Å². The molecule has 1 N–H and O–H groups in total. The normalized spacial score (nSPS) is 15.4. The maximum atomic E-state index is 5.98. The fourth-order valence-electron chi connectivity index (χ4n) is 3.70. The van der Waals surface area contributed by atoms with Gasteiger partial charge in [0, 0.05) is 51.8 Å². The van der Waals surface area contributed by atoms with Crippen LogP contribution in [0, 0.1) is 0 Å². The second-order valence-corrected chi connectivity index (χ2v) is 8.73. The van der Waals surface area contributed by atoms with E-state index >= 15 is 0 Å². The Hall–Kier alpha value is -1.96. The molecule has 1 aromatic heterocycles. The lowest BCUT2D eigenvalue weighted by molar-refractivity contribution is 0.00990. The van der Waals surface area contributed by atoms with Crippen LogP contribution in [0.1, 0.15) is 42.5 Å². The smallest absolute Gasteiger partial charge is 0.194 e. The van der Waals surface area contributed by atoms with Crippen molar-refractivity contribution < 1.29 is 9.47 Å². The van der Waals surface area contributed by atoms with E-state index in [2.05, 4.69) is 52.9 Å². The van der Waals surface area contributed by atoms with Gasteiger partial charge in [-0.1, -0.05) is 30.3 Å². The molecule has 2 aromatic rings. The Morgan fingerprint density at radius 1 is 1.19 bits per heavy atom. The van der Waals surface area contributed by atoms with Gasteiger partial charge in [-0.05, 0) is 38.2 Å². The molecule has 3 rings (SSSR count). The summed E-state index contributed by atoms with van der Waals surface area (Å²) < 4.78 is 11.1. The zero-order valence-electron chi connectivity index (χ0n) is 18.9. The van der Waals surface area contributed by atoms with Gasteiger partial charge in [0.05, 0.1) is 23.4 Å². The van der Waals surface area contributed by atoms with E-state index in [1.54, 1.807) is 18.4 Å². The minimum absolute atomic E-state index is 0.349. The van der Waals surface area contributed by atoms with Crippen molar-refractivity contribution in [3.63, 3.8) is 0 Å². The second-order valence-electron chi connectivity index (χ2n) is 7.79. The molecule has 1 aliphatic heterocycles. The lowest BCUT2D eigenvalue weighted by atomic mass is 10.1. The van der Waals surface area contributed by atoms with Gasteiger partial charge >= 0.3 is 0 Å². The van der Waals surface area contributed by atoms with Gasteiger partial charge in [-0.15, -0.1) is 11.3 Å².